The van der Waals surface area contributed by atoms with Gasteiger partial charge in [0.25, 0.3) is 0 Å². The van der Waals surface area contributed by atoms with E-state index in [-0.39, 0.29) is 12.5 Å². The average molecular weight is 267 g/mol. The van der Waals surface area contributed by atoms with Crippen molar-refractivity contribution in [2.75, 3.05) is 18.5 Å². The fraction of sp³-hybridized carbons (Fsp3) is 0.250. The number of nitrogens with zero attached hydrogens (tertiary/aromatic N) is 3. The van der Waals surface area contributed by atoms with E-state index in [9.17, 15) is 4.79 Å². The van der Waals surface area contributed by atoms with E-state index in [1.165, 1.54) is 0 Å². The van der Waals surface area contributed by atoms with E-state index < -0.39 is 0 Å². The molecule has 1 amide bonds. The number of aryl methyl sites for hydroxylation is 1. The molecule has 0 saturated heterocycles. The molecule has 1 aliphatic heterocycles. The number of hydrogen-bond acceptors (Lipinski definition) is 2. The van der Waals surface area contributed by atoms with Crippen molar-refractivity contribution in [2.45, 2.75) is 6.92 Å². The largest absolute Gasteiger partial charge is 0.352 e. The minimum absolute atomic E-state index is 0.0165. The first-order valence-electron chi connectivity index (χ1n) is 6.62. The molecule has 0 fully saturated rings. The first kappa shape index (κ1) is 12.7. The van der Waals surface area contributed by atoms with Crippen LogP contribution < -0.4 is 4.90 Å². The van der Waals surface area contributed by atoms with Gasteiger partial charge in [-0.25, -0.2) is 0 Å². The number of carbonyl (C=O) groups is 1. The maximum atomic E-state index is 12.1. The fourth-order valence-electron chi connectivity index (χ4n) is 2.55. The van der Waals surface area contributed by atoms with E-state index in [4.69, 9.17) is 0 Å². The standard InChI is InChI=1S/C16H17N3O/c1-11-15-13(10-18(11)2)19(3)14(20)9-17-16(15)12-7-5-4-6-8-12/h4-8,10H,9H2,1-3H3. The Balaban J connectivity index is 2.26. The number of likely N-dealkylation sites (N-methyl/N-ethyl adjacent to an activating group) is 1. The fourth-order valence-corrected chi connectivity index (χ4v) is 2.55. The number of carbonyl (C=O) groups excluding carboxylic acids is 1. The van der Waals surface area contributed by atoms with Gasteiger partial charge in [-0.05, 0) is 6.92 Å². The number of hydrogen-bond donors (Lipinski definition) is 0. The number of amides is 1. The maximum absolute atomic E-state index is 12.1. The quantitative estimate of drug-likeness (QED) is 0.780. The first-order valence-corrected chi connectivity index (χ1v) is 6.62. The molecule has 0 atom stereocenters. The molecule has 0 spiro atoms. The van der Waals surface area contributed by atoms with Crippen LogP contribution in [0.1, 0.15) is 16.8 Å². The molecule has 1 aliphatic rings. The number of anilines is 1. The van der Waals surface area contributed by atoms with E-state index in [1.54, 1.807) is 4.90 Å². The van der Waals surface area contributed by atoms with Crippen molar-refractivity contribution < 1.29 is 4.79 Å². The molecule has 0 N–H and O–H groups in total. The van der Waals surface area contributed by atoms with Gasteiger partial charge in [0, 0.05) is 37.1 Å². The Morgan fingerprint density at radius 3 is 2.55 bits per heavy atom. The molecule has 3 rings (SSSR count). The van der Waals surface area contributed by atoms with E-state index in [0.29, 0.717) is 0 Å². The zero-order valence-electron chi connectivity index (χ0n) is 11.9. The third kappa shape index (κ3) is 1.84. The lowest BCUT2D eigenvalue weighted by atomic mass is 10.0. The lowest BCUT2D eigenvalue weighted by Crippen LogP contribution is -2.27. The Kier molecular flexibility index (Phi) is 2.93. The van der Waals surface area contributed by atoms with Crippen molar-refractivity contribution in [2.24, 2.45) is 12.0 Å². The number of aromatic nitrogens is 1. The van der Waals surface area contributed by atoms with Gasteiger partial charge in [-0.15, -0.1) is 0 Å². The molecule has 0 saturated carbocycles. The van der Waals surface area contributed by atoms with Crippen molar-refractivity contribution >= 4 is 17.3 Å². The van der Waals surface area contributed by atoms with Gasteiger partial charge >= 0.3 is 0 Å². The number of fused-ring (bicyclic) bond motifs is 1. The van der Waals surface area contributed by atoms with Crippen molar-refractivity contribution in [3.63, 3.8) is 0 Å². The van der Waals surface area contributed by atoms with Crippen LogP contribution in [0.4, 0.5) is 5.69 Å². The van der Waals surface area contributed by atoms with Gasteiger partial charge in [0.1, 0.15) is 6.54 Å². The summed E-state index contributed by atoms with van der Waals surface area (Å²) in [5.74, 6) is 0.0165. The Hall–Kier alpha value is -2.36. The molecule has 2 aromatic rings. The van der Waals surface area contributed by atoms with Crippen LogP contribution >= 0.6 is 0 Å². The molecule has 0 aliphatic carbocycles. The van der Waals surface area contributed by atoms with Gasteiger partial charge in [0.15, 0.2) is 0 Å². The third-order valence-electron chi connectivity index (χ3n) is 3.85. The van der Waals surface area contributed by atoms with Crippen LogP contribution in [0, 0.1) is 6.92 Å². The van der Waals surface area contributed by atoms with Crippen LogP contribution in [0.25, 0.3) is 0 Å². The second kappa shape index (κ2) is 4.63. The van der Waals surface area contributed by atoms with Crippen molar-refractivity contribution in [3.05, 3.63) is 53.3 Å². The third-order valence-corrected chi connectivity index (χ3v) is 3.85. The molecule has 0 unspecified atom stereocenters. The molecular weight excluding hydrogens is 250 g/mol. The molecular formula is C16H17N3O. The highest BCUT2D eigenvalue weighted by atomic mass is 16.2. The Bertz CT molecular complexity index is 698. The summed E-state index contributed by atoms with van der Waals surface area (Å²) < 4.78 is 2.04. The zero-order chi connectivity index (χ0) is 14.3. The first-order chi connectivity index (χ1) is 9.59. The van der Waals surface area contributed by atoms with E-state index in [2.05, 4.69) is 11.9 Å². The minimum atomic E-state index is 0.0165. The van der Waals surface area contributed by atoms with Crippen molar-refractivity contribution in [3.8, 4) is 0 Å². The summed E-state index contributed by atoms with van der Waals surface area (Å²) in [6.07, 6.45) is 1.99. The molecule has 1 aromatic heterocycles. The van der Waals surface area contributed by atoms with Gasteiger partial charge in [0.2, 0.25) is 5.91 Å². The second-order valence-corrected chi connectivity index (χ2v) is 5.07. The van der Waals surface area contributed by atoms with Gasteiger partial charge < -0.3 is 9.47 Å². The monoisotopic (exact) mass is 267 g/mol. The minimum Gasteiger partial charge on any atom is -0.352 e. The van der Waals surface area contributed by atoms with E-state index >= 15 is 0 Å². The summed E-state index contributed by atoms with van der Waals surface area (Å²) in [6.45, 7) is 2.25. The summed E-state index contributed by atoms with van der Waals surface area (Å²) in [7, 11) is 3.80. The molecule has 1 aromatic carbocycles. The summed E-state index contributed by atoms with van der Waals surface area (Å²) in [6, 6.07) is 10.0. The smallest absolute Gasteiger partial charge is 0.248 e. The van der Waals surface area contributed by atoms with Crippen LogP contribution in [-0.4, -0.2) is 29.8 Å². The number of aliphatic imine (C=N–C) groups is 1. The number of benzene rings is 1. The lowest BCUT2D eigenvalue weighted by Gasteiger charge is -2.14. The molecule has 0 radical (unpaired) electrons. The van der Waals surface area contributed by atoms with Gasteiger partial charge in [-0.1, -0.05) is 30.3 Å². The second-order valence-electron chi connectivity index (χ2n) is 5.07. The van der Waals surface area contributed by atoms with E-state index in [1.807, 2.05) is 55.2 Å². The van der Waals surface area contributed by atoms with E-state index in [0.717, 1.165) is 28.2 Å². The Labute approximate surface area is 118 Å². The van der Waals surface area contributed by atoms with Crippen LogP contribution in [0.5, 0.6) is 0 Å². The topological polar surface area (TPSA) is 37.6 Å². The molecule has 2 heterocycles. The van der Waals surface area contributed by atoms with Crippen molar-refractivity contribution in [1.29, 1.82) is 0 Å². The number of rotatable bonds is 1. The SMILES string of the molecule is Cc1c2c(cn1C)N(C)C(=O)CN=C2c1ccccc1. The van der Waals surface area contributed by atoms with Gasteiger partial charge in [-0.3, -0.25) is 9.79 Å². The Morgan fingerprint density at radius 2 is 1.85 bits per heavy atom. The summed E-state index contributed by atoms with van der Waals surface area (Å²) >= 11 is 0. The zero-order valence-corrected chi connectivity index (χ0v) is 11.9. The maximum Gasteiger partial charge on any atom is 0.248 e. The molecule has 102 valence electrons. The Morgan fingerprint density at radius 1 is 1.15 bits per heavy atom. The lowest BCUT2D eigenvalue weighted by molar-refractivity contribution is -0.116. The van der Waals surface area contributed by atoms with Gasteiger partial charge in [0.05, 0.1) is 11.4 Å². The summed E-state index contributed by atoms with van der Waals surface area (Å²) in [4.78, 5) is 18.3. The summed E-state index contributed by atoms with van der Waals surface area (Å²) in [5.41, 5.74) is 5.04. The summed E-state index contributed by atoms with van der Waals surface area (Å²) in [5, 5.41) is 0. The molecule has 20 heavy (non-hydrogen) atoms. The highest BCUT2D eigenvalue weighted by Crippen LogP contribution is 2.29. The van der Waals surface area contributed by atoms with Crippen LogP contribution in [0.2, 0.25) is 0 Å². The normalized spacial score (nSPS) is 14.8. The molecule has 4 nitrogen and oxygen atoms in total. The van der Waals surface area contributed by atoms with Crippen LogP contribution in [0.3, 0.4) is 0 Å². The van der Waals surface area contributed by atoms with Gasteiger partial charge in [-0.2, -0.15) is 0 Å². The predicted octanol–water partition coefficient (Wildman–Crippen LogP) is 2.15. The van der Waals surface area contributed by atoms with Crippen molar-refractivity contribution in [1.82, 2.24) is 4.57 Å². The highest BCUT2D eigenvalue weighted by Gasteiger charge is 2.26. The highest BCUT2D eigenvalue weighted by molar-refractivity contribution is 6.20. The molecule has 0 bridgehead atoms. The molecule has 4 heteroatoms. The average Bonchev–Trinajstić information content (AvgIpc) is 2.69. The van der Waals surface area contributed by atoms with Crippen LogP contribution in [-0.2, 0) is 11.8 Å². The predicted molar refractivity (Wildman–Crippen MR) is 80.5 cm³/mol. The van der Waals surface area contributed by atoms with Crippen LogP contribution in [0.15, 0.2) is 41.5 Å².